The third kappa shape index (κ3) is 7.68. The van der Waals surface area contributed by atoms with Crippen LogP contribution in [0.15, 0.2) is 21.9 Å². The second kappa shape index (κ2) is 12.7. The molecule has 1 saturated heterocycles. The summed E-state index contributed by atoms with van der Waals surface area (Å²) in [6.07, 6.45) is 2.68. The zero-order valence-electron chi connectivity index (χ0n) is 19.0. The molecule has 1 aromatic heterocycles. The lowest BCUT2D eigenvalue weighted by Gasteiger charge is -2.17. The van der Waals surface area contributed by atoms with Gasteiger partial charge in [0.1, 0.15) is 12.3 Å². The van der Waals surface area contributed by atoms with Crippen molar-refractivity contribution in [2.24, 2.45) is 0 Å². The van der Waals surface area contributed by atoms with Crippen molar-refractivity contribution < 1.29 is 23.9 Å². The van der Waals surface area contributed by atoms with Crippen molar-refractivity contribution >= 4 is 23.9 Å². The number of aromatic amines is 1. The van der Waals surface area contributed by atoms with Gasteiger partial charge >= 0.3 is 11.7 Å². The Morgan fingerprint density at radius 3 is 2.67 bits per heavy atom. The van der Waals surface area contributed by atoms with Gasteiger partial charge in [-0.25, -0.2) is 4.79 Å². The molecule has 1 aliphatic rings. The number of aromatic nitrogens is 2. The molecule has 0 spiro atoms. The number of H-pyrrole nitrogens is 1. The molecule has 12 heteroatoms. The van der Waals surface area contributed by atoms with Crippen LogP contribution in [0.5, 0.6) is 0 Å². The summed E-state index contributed by atoms with van der Waals surface area (Å²) in [6.45, 7) is 2.88. The smallest absolute Gasteiger partial charge is 0.330 e. The molecular weight excluding hydrogens is 434 g/mol. The lowest BCUT2D eigenvalue weighted by atomic mass is 10.1. The Morgan fingerprint density at radius 2 is 2.00 bits per heavy atom. The fraction of sp³-hybridized carbons (Fsp3) is 0.571. The molecule has 12 nitrogen and oxygen atoms in total. The Kier molecular flexibility index (Phi) is 10.0. The molecule has 2 heterocycles. The molecular formula is C21H31N5O7. The van der Waals surface area contributed by atoms with Crippen LogP contribution in [0.3, 0.4) is 0 Å². The highest BCUT2D eigenvalue weighted by molar-refractivity contribution is 5.91. The van der Waals surface area contributed by atoms with Crippen molar-refractivity contribution in [1.29, 1.82) is 0 Å². The molecule has 3 atom stereocenters. The van der Waals surface area contributed by atoms with Gasteiger partial charge in [-0.3, -0.25) is 28.7 Å². The minimum absolute atomic E-state index is 0.0146. The van der Waals surface area contributed by atoms with Crippen LogP contribution in [0.1, 0.15) is 44.4 Å². The Labute approximate surface area is 190 Å². The first-order chi connectivity index (χ1) is 15.8. The van der Waals surface area contributed by atoms with Gasteiger partial charge in [0.15, 0.2) is 0 Å². The van der Waals surface area contributed by atoms with Crippen molar-refractivity contribution in [3.8, 4) is 0 Å². The average molecular weight is 466 g/mol. The summed E-state index contributed by atoms with van der Waals surface area (Å²) in [7, 11) is 3.24. The Balaban J connectivity index is 2.11. The molecule has 1 fully saturated rings. The maximum absolute atomic E-state index is 12.4. The highest BCUT2D eigenvalue weighted by Gasteiger charge is 2.38. The fourth-order valence-electron chi connectivity index (χ4n) is 3.29. The SMILES string of the molecule is CC[C@H]1O[C@@H](n2cc(/C=C/C(=O)NCCNC)c(=O)[nH]c2=O)CC1OC(=O)CCC(=O)NC. The third-order valence-electron chi connectivity index (χ3n) is 5.09. The van der Waals surface area contributed by atoms with Gasteiger partial charge in [0, 0.05) is 45.3 Å². The number of hydrogen-bond donors (Lipinski definition) is 4. The van der Waals surface area contributed by atoms with Crippen molar-refractivity contribution in [1.82, 2.24) is 25.5 Å². The van der Waals surface area contributed by atoms with E-state index in [0.29, 0.717) is 19.5 Å². The molecule has 2 rings (SSSR count). The van der Waals surface area contributed by atoms with Gasteiger partial charge in [0.05, 0.1) is 18.1 Å². The van der Waals surface area contributed by atoms with Crippen LogP contribution in [0.2, 0.25) is 0 Å². The molecule has 1 aromatic rings. The van der Waals surface area contributed by atoms with E-state index >= 15 is 0 Å². The second-order valence-corrected chi connectivity index (χ2v) is 7.45. The van der Waals surface area contributed by atoms with E-state index in [1.165, 1.54) is 30.0 Å². The van der Waals surface area contributed by atoms with Gasteiger partial charge in [0.25, 0.3) is 5.56 Å². The van der Waals surface area contributed by atoms with E-state index in [2.05, 4.69) is 20.9 Å². The Bertz CT molecular complexity index is 984. The number of amides is 2. The maximum atomic E-state index is 12.4. The molecule has 0 aromatic carbocycles. The molecule has 0 radical (unpaired) electrons. The van der Waals surface area contributed by atoms with Crippen molar-refractivity contribution in [3.05, 3.63) is 38.7 Å². The Hall–Kier alpha value is -3.25. The minimum atomic E-state index is -0.771. The third-order valence-corrected chi connectivity index (χ3v) is 5.09. The number of rotatable bonds is 11. The molecule has 33 heavy (non-hydrogen) atoms. The standard InChI is InChI=1S/C21H31N5O7/c1-4-14-15(33-19(29)8-7-16(27)23-3)11-18(32-14)26-12-13(20(30)25-21(26)31)5-6-17(28)24-10-9-22-2/h5-6,12,14-15,18,22H,4,7-11H2,1-3H3,(H,23,27)(H,24,28)(H,25,30,31)/b6-5+/t14-,15?,18-/m1/s1. The number of carbonyl (C=O) groups excluding carboxylic acids is 3. The summed E-state index contributed by atoms with van der Waals surface area (Å²) >= 11 is 0. The summed E-state index contributed by atoms with van der Waals surface area (Å²) in [5.41, 5.74) is -1.22. The van der Waals surface area contributed by atoms with Crippen molar-refractivity contribution in [2.75, 3.05) is 27.2 Å². The topological polar surface area (TPSA) is 161 Å². The predicted molar refractivity (Wildman–Crippen MR) is 119 cm³/mol. The van der Waals surface area contributed by atoms with Gasteiger partial charge in [-0.1, -0.05) is 6.92 Å². The van der Waals surface area contributed by atoms with E-state index < -0.39 is 35.7 Å². The summed E-state index contributed by atoms with van der Waals surface area (Å²) < 4.78 is 12.6. The number of nitrogens with zero attached hydrogens (tertiary/aromatic N) is 1. The van der Waals surface area contributed by atoms with E-state index in [1.807, 2.05) is 6.92 Å². The first-order valence-corrected chi connectivity index (χ1v) is 10.8. The quantitative estimate of drug-likeness (QED) is 0.184. The summed E-state index contributed by atoms with van der Waals surface area (Å²) in [5, 5.41) is 7.98. The van der Waals surface area contributed by atoms with E-state index in [9.17, 15) is 24.0 Å². The average Bonchev–Trinajstić information content (AvgIpc) is 3.19. The van der Waals surface area contributed by atoms with Crippen molar-refractivity contribution in [2.45, 2.75) is 51.0 Å². The maximum Gasteiger partial charge on any atom is 0.330 e. The van der Waals surface area contributed by atoms with E-state index in [0.717, 1.165) is 0 Å². The summed E-state index contributed by atoms with van der Waals surface area (Å²) in [4.78, 5) is 62.0. The lowest BCUT2D eigenvalue weighted by molar-refractivity contribution is -0.153. The van der Waals surface area contributed by atoms with Crippen LogP contribution in [0.25, 0.3) is 6.08 Å². The molecule has 1 unspecified atom stereocenters. The van der Waals surface area contributed by atoms with Crippen LogP contribution in [0, 0.1) is 0 Å². The number of hydrogen-bond acceptors (Lipinski definition) is 8. The fourth-order valence-corrected chi connectivity index (χ4v) is 3.29. The number of esters is 1. The lowest BCUT2D eigenvalue weighted by Crippen LogP contribution is -2.33. The zero-order chi connectivity index (χ0) is 24.4. The van der Waals surface area contributed by atoms with Crippen LogP contribution in [0.4, 0.5) is 0 Å². The number of carbonyl (C=O) groups is 3. The van der Waals surface area contributed by atoms with Crippen LogP contribution in [-0.4, -0.2) is 66.7 Å². The normalized spacial score (nSPS) is 20.0. The highest BCUT2D eigenvalue weighted by Crippen LogP contribution is 2.31. The second-order valence-electron chi connectivity index (χ2n) is 7.45. The minimum Gasteiger partial charge on any atom is -0.459 e. The highest BCUT2D eigenvalue weighted by atomic mass is 16.6. The number of ether oxygens (including phenoxy) is 2. The van der Waals surface area contributed by atoms with Crippen LogP contribution < -0.4 is 27.2 Å². The van der Waals surface area contributed by atoms with E-state index in [1.54, 1.807) is 7.05 Å². The van der Waals surface area contributed by atoms with Gasteiger partial charge in [-0.15, -0.1) is 0 Å². The van der Waals surface area contributed by atoms with Crippen molar-refractivity contribution in [3.63, 3.8) is 0 Å². The first kappa shape index (κ1) is 26.0. The molecule has 0 saturated carbocycles. The van der Waals surface area contributed by atoms with E-state index in [-0.39, 0.29) is 36.6 Å². The molecule has 1 aliphatic heterocycles. The van der Waals surface area contributed by atoms with Crippen LogP contribution in [-0.2, 0) is 23.9 Å². The molecule has 0 bridgehead atoms. The number of likely N-dealkylation sites (N-methyl/N-ethyl adjacent to an activating group) is 1. The predicted octanol–water partition coefficient (Wildman–Crippen LogP) is -0.979. The largest absolute Gasteiger partial charge is 0.459 e. The van der Waals surface area contributed by atoms with E-state index in [4.69, 9.17) is 9.47 Å². The molecule has 182 valence electrons. The van der Waals surface area contributed by atoms with Gasteiger partial charge in [0.2, 0.25) is 11.8 Å². The molecule has 0 aliphatic carbocycles. The van der Waals surface area contributed by atoms with Gasteiger partial charge in [-0.05, 0) is 19.5 Å². The molecule has 2 amide bonds. The zero-order valence-corrected chi connectivity index (χ0v) is 19.0. The number of nitrogens with one attached hydrogen (secondary N) is 4. The summed E-state index contributed by atoms with van der Waals surface area (Å²) in [6, 6.07) is 0. The first-order valence-electron chi connectivity index (χ1n) is 10.8. The molecule has 4 N–H and O–H groups in total. The van der Waals surface area contributed by atoms with Crippen LogP contribution >= 0.6 is 0 Å². The van der Waals surface area contributed by atoms with Gasteiger partial charge in [-0.2, -0.15) is 0 Å². The summed E-state index contributed by atoms with van der Waals surface area (Å²) in [5.74, 6) is -1.18. The van der Waals surface area contributed by atoms with Gasteiger partial charge < -0.3 is 25.4 Å². The Morgan fingerprint density at radius 1 is 1.24 bits per heavy atom. The monoisotopic (exact) mass is 465 g/mol.